The van der Waals surface area contributed by atoms with Crippen molar-refractivity contribution < 1.29 is 38.0 Å². The van der Waals surface area contributed by atoms with Crippen LogP contribution in [-0.2, 0) is 9.59 Å². The molecule has 0 aliphatic carbocycles. The van der Waals surface area contributed by atoms with Crippen LogP contribution < -0.4 is 28.4 Å². The summed E-state index contributed by atoms with van der Waals surface area (Å²) in [6.45, 7) is 0. The number of ether oxygens (including phenoxy) is 6. The minimum atomic E-state index is -0.692. The van der Waals surface area contributed by atoms with Gasteiger partial charge < -0.3 is 28.4 Å². The van der Waals surface area contributed by atoms with E-state index in [1.807, 2.05) is 0 Å². The topological polar surface area (TPSA) is 89.5 Å². The molecule has 0 radical (unpaired) electrons. The Hall–Kier alpha value is -3.94. The van der Waals surface area contributed by atoms with Gasteiger partial charge in [-0.25, -0.2) is 0 Å². The molecule has 2 aromatic rings. The van der Waals surface area contributed by atoms with Crippen molar-refractivity contribution in [2.45, 2.75) is 0 Å². The predicted octanol–water partition coefficient (Wildman–Crippen LogP) is 3.60. The molecule has 0 aromatic heterocycles. The highest BCUT2D eigenvalue weighted by Crippen LogP contribution is 2.39. The quantitative estimate of drug-likeness (QED) is 0.385. The fourth-order valence-electron chi connectivity index (χ4n) is 2.90. The zero-order valence-electron chi connectivity index (χ0n) is 18.9. The first kappa shape index (κ1) is 24.3. The summed E-state index contributed by atoms with van der Waals surface area (Å²) in [6.07, 6.45) is 5.36. The van der Waals surface area contributed by atoms with E-state index in [1.54, 1.807) is 24.3 Å². The number of hydrogen-bond donors (Lipinski definition) is 0. The summed E-state index contributed by atoms with van der Waals surface area (Å²) in [6, 6.07) is 6.67. The summed E-state index contributed by atoms with van der Waals surface area (Å²) in [7, 11) is 8.97. The minimum Gasteiger partial charge on any atom is -0.493 e. The summed E-state index contributed by atoms with van der Waals surface area (Å²) < 4.78 is 31.7. The largest absolute Gasteiger partial charge is 0.493 e. The molecule has 8 heteroatoms. The Morgan fingerprint density at radius 3 is 1.03 bits per heavy atom. The van der Waals surface area contributed by atoms with Gasteiger partial charge in [-0.1, -0.05) is 12.2 Å². The van der Waals surface area contributed by atoms with Gasteiger partial charge in [-0.05, 0) is 47.5 Å². The van der Waals surface area contributed by atoms with E-state index in [2.05, 4.69) is 0 Å². The fourth-order valence-corrected chi connectivity index (χ4v) is 2.90. The molecule has 0 amide bonds. The van der Waals surface area contributed by atoms with Crippen LogP contribution in [0.15, 0.2) is 36.4 Å². The van der Waals surface area contributed by atoms with E-state index in [9.17, 15) is 9.59 Å². The van der Waals surface area contributed by atoms with E-state index < -0.39 is 11.6 Å². The zero-order valence-corrected chi connectivity index (χ0v) is 18.9. The summed E-state index contributed by atoms with van der Waals surface area (Å²) in [5, 5.41) is 0. The summed E-state index contributed by atoms with van der Waals surface area (Å²) in [5.41, 5.74) is 1.21. The second-order valence-corrected chi connectivity index (χ2v) is 6.31. The maximum Gasteiger partial charge on any atom is 0.225 e. The molecule has 0 fully saturated rings. The molecule has 0 N–H and O–H groups in total. The molecule has 32 heavy (non-hydrogen) atoms. The number of rotatable bonds is 11. The predicted molar refractivity (Wildman–Crippen MR) is 120 cm³/mol. The maximum atomic E-state index is 12.3. The molecular formula is C24H26O8. The SMILES string of the molecule is COc1cc(C=CC(=O)C(=O)C=Cc2cc(OC)c(OC)c(OC)c2)cc(OC)c1OC. The average Bonchev–Trinajstić information content (AvgIpc) is 2.83. The lowest BCUT2D eigenvalue weighted by Gasteiger charge is -2.12. The van der Waals surface area contributed by atoms with Gasteiger partial charge in [-0.15, -0.1) is 0 Å². The van der Waals surface area contributed by atoms with Crippen LogP contribution in [0, 0.1) is 0 Å². The smallest absolute Gasteiger partial charge is 0.225 e. The van der Waals surface area contributed by atoms with Gasteiger partial charge in [-0.2, -0.15) is 0 Å². The normalized spacial score (nSPS) is 10.8. The van der Waals surface area contributed by atoms with Crippen molar-refractivity contribution in [3.63, 3.8) is 0 Å². The highest BCUT2D eigenvalue weighted by atomic mass is 16.5. The molecule has 2 aromatic carbocycles. The van der Waals surface area contributed by atoms with Crippen LogP contribution >= 0.6 is 0 Å². The van der Waals surface area contributed by atoms with Gasteiger partial charge in [0.15, 0.2) is 23.0 Å². The number of methoxy groups -OCH3 is 6. The zero-order chi connectivity index (χ0) is 23.7. The highest BCUT2D eigenvalue weighted by Gasteiger charge is 2.14. The lowest BCUT2D eigenvalue weighted by molar-refractivity contribution is -0.130. The molecule has 0 saturated carbocycles. The molecule has 0 spiro atoms. The standard InChI is InChI=1S/C24H26O8/c1-27-19-11-15(12-20(28-2)23(19)31-5)7-9-17(25)18(26)10-8-16-13-21(29-3)24(32-6)22(14-16)30-4/h7-14H,1-6H3. The van der Waals surface area contributed by atoms with Crippen LogP contribution in [0.25, 0.3) is 12.2 Å². The van der Waals surface area contributed by atoms with Crippen molar-refractivity contribution >= 4 is 23.7 Å². The van der Waals surface area contributed by atoms with Crippen LogP contribution in [0.5, 0.6) is 34.5 Å². The lowest BCUT2D eigenvalue weighted by Crippen LogP contribution is -2.06. The number of ketones is 2. The van der Waals surface area contributed by atoms with E-state index in [0.29, 0.717) is 45.6 Å². The third-order valence-electron chi connectivity index (χ3n) is 4.47. The molecule has 0 aliphatic rings. The Kier molecular flexibility index (Phi) is 8.71. The minimum absolute atomic E-state index is 0.433. The van der Waals surface area contributed by atoms with Crippen LogP contribution in [-0.4, -0.2) is 54.2 Å². The lowest BCUT2D eigenvalue weighted by atomic mass is 10.1. The maximum absolute atomic E-state index is 12.3. The number of hydrogen-bond acceptors (Lipinski definition) is 8. The third kappa shape index (κ3) is 5.60. The Labute approximate surface area is 186 Å². The first-order chi connectivity index (χ1) is 15.4. The number of benzene rings is 2. The van der Waals surface area contributed by atoms with Gasteiger partial charge >= 0.3 is 0 Å². The molecule has 8 nitrogen and oxygen atoms in total. The third-order valence-corrected chi connectivity index (χ3v) is 4.47. The van der Waals surface area contributed by atoms with Gasteiger partial charge in [0.2, 0.25) is 23.1 Å². The van der Waals surface area contributed by atoms with Gasteiger partial charge in [0.05, 0.1) is 42.7 Å². The Bertz CT molecular complexity index is 903. The Balaban J connectivity index is 2.21. The van der Waals surface area contributed by atoms with E-state index in [1.165, 1.54) is 67.0 Å². The van der Waals surface area contributed by atoms with Crippen LogP contribution in [0.2, 0.25) is 0 Å². The van der Waals surface area contributed by atoms with Crippen molar-refractivity contribution in [2.24, 2.45) is 0 Å². The van der Waals surface area contributed by atoms with E-state index in [0.717, 1.165) is 0 Å². The highest BCUT2D eigenvalue weighted by molar-refractivity contribution is 6.46. The first-order valence-electron chi connectivity index (χ1n) is 9.46. The molecule has 0 unspecified atom stereocenters. The molecular weight excluding hydrogens is 416 g/mol. The van der Waals surface area contributed by atoms with Gasteiger partial charge in [0.1, 0.15) is 0 Å². The molecule has 0 saturated heterocycles. The van der Waals surface area contributed by atoms with E-state index in [-0.39, 0.29) is 0 Å². The first-order valence-corrected chi connectivity index (χ1v) is 9.46. The Morgan fingerprint density at radius 2 is 0.812 bits per heavy atom. The van der Waals surface area contributed by atoms with Gasteiger partial charge in [0.25, 0.3) is 0 Å². The van der Waals surface area contributed by atoms with E-state index in [4.69, 9.17) is 28.4 Å². The van der Waals surface area contributed by atoms with Crippen LogP contribution in [0.1, 0.15) is 11.1 Å². The monoisotopic (exact) mass is 442 g/mol. The average molecular weight is 442 g/mol. The van der Waals surface area contributed by atoms with E-state index >= 15 is 0 Å². The van der Waals surface area contributed by atoms with Gasteiger partial charge in [0, 0.05) is 0 Å². The molecule has 170 valence electrons. The molecule has 0 bridgehead atoms. The summed E-state index contributed by atoms with van der Waals surface area (Å²) in [4.78, 5) is 24.5. The number of allylic oxidation sites excluding steroid dienone is 2. The van der Waals surface area contributed by atoms with Crippen molar-refractivity contribution in [3.05, 3.63) is 47.5 Å². The molecule has 0 atom stereocenters. The fraction of sp³-hybridized carbons (Fsp3) is 0.250. The van der Waals surface area contributed by atoms with Crippen LogP contribution in [0.4, 0.5) is 0 Å². The second-order valence-electron chi connectivity index (χ2n) is 6.31. The van der Waals surface area contributed by atoms with Gasteiger partial charge in [-0.3, -0.25) is 9.59 Å². The number of carbonyl (C=O) groups is 2. The second kappa shape index (κ2) is 11.5. The summed E-state index contributed by atoms with van der Waals surface area (Å²) in [5.74, 6) is 1.23. The number of carbonyl (C=O) groups excluding carboxylic acids is 2. The van der Waals surface area contributed by atoms with Crippen molar-refractivity contribution in [1.29, 1.82) is 0 Å². The van der Waals surface area contributed by atoms with Crippen LogP contribution in [0.3, 0.4) is 0 Å². The molecule has 0 aliphatic heterocycles. The van der Waals surface area contributed by atoms with Crippen molar-refractivity contribution in [2.75, 3.05) is 42.7 Å². The molecule has 0 heterocycles. The molecule has 2 rings (SSSR count). The van der Waals surface area contributed by atoms with Crippen molar-refractivity contribution in [1.82, 2.24) is 0 Å². The Morgan fingerprint density at radius 1 is 0.531 bits per heavy atom. The summed E-state index contributed by atoms with van der Waals surface area (Å²) >= 11 is 0. The van der Waals surface area contributed by atoms with Crippen molar-refractivity contribution in [3.8, 4) is 34.5 Å².